The van der Waals surface area contributed by atoms with Crippen molar-refractivity contribution in [1.29, 1.82) is 0 Å². The number of rotatable bonds is 23. The summed E-state index contributed by atoms with van der Waals surface area (Å²) in [5, 5.41) is 6.22. The fourth-order valence-corrected chi connectivity index (χ4v) is 4.57. The Morgan fingerprint density at radius 3 is 1.84 bits per heavy atom. The van der Waals surface area contributed by atoms with Crippen LogP contribution in [0.25, 0.3) is 0 Å². The standard InChI is InChI=1S/C33H52N2O2/c1-2-3-4-5-6-7-8-9-10-11-12-13-14-18-27-34-33(36)29-35-31-23-25-32(26-24-31)37-28-19-22-30-20-16-15-17-21-30/h15-17,20-21,23-26,35H,2-14,18-19,22,27-29H2,1H3,(H,34,36). The molecule has 0 aliphatic carbocycles. The third-order valence-corrected chi connectivity index (χ3v) is 6.88. The summed E-state index contributed by atoms with van der Waals surface area (Å²) in [5.41, 5.74) is 2.27. The number of nitrogens with one attached hydrogen (secondary N) is 2. The lowest BCUT2D eigenvalue weighted by atomic mass is 10.0. The van der Waals surface area contributed by atoms with Gasteiger partial charge in [0.1, 0.15) is 5.75 Å². The van der Waals surface area contributed by atoms with Gasteiger partial charge in [0.05, 0.1) is 13.2 Å². The minimum absolute atomic E-state index is 0.0518. The largest absolute Gasteiger partial charge is 0.494 e. The molecule has 0 spiro atoms. The Hall–Kier alpha value is -2.49. The number of hydrogen-bond acceptors (Lipinski definition) is 3. The van der Waals surface area contributed by atoms with E-state index in [0.29, 0.717) is 13.2 Å². The smallest absolute Gasteiger partial charge is 0.239 e. The Labute approximate surface area is 227 Å². The molecule has 0 aromatic heterocycles. The molecule has 2 aromatic carbocycles. The zero-order valence-corrected chi connectivity index (χ0v) is 23.4. The highest BCUT2D eigenvalue weighted by Gasteiger charge is 2.02. The molecule has 4 heteroatoms. The van der Waals surface area contributed by atoms with Gasteiger partial charge in [-0.25, -0.2) is 0 Å². The Morgan fingerprint density at radius 1 is 0.676 bits per heavy atom. The summed E-state index contributed by atoms with van der Waals surface area (Å²) >= 11 is 0. The highest BCUT2D eigenvalue weighted by atomic mass is 16.5. The average Bonchev–Trinajstić information content (AvgIpc) is 2.93. The fraction of sp³-hybridized carbons (Fsp3) is 0.606. The number of ether oxygens (including phenoxy) is 1. The van der Waals surface area contributed by atoms with Crippen LogP contribution in [0.15, 0.2) is 54.6 Å². The van der Waals surface area contributed by atoms with Crippen LogP contribution >= 0.6 is 0 Å². The van der Waals surface area contributed by atoms with Gasteiger partial charge in [0.15, 0.2) is 0 Å². The number of hydrogen-bond donors (Lipinski definition) is 2. The predicted molar refractivity (Wildman–Crippen MR) is 159 cm³/mol. The molecule has 0 heterocycles. The van der Waals surface area contributed by atoms with Crippen molar-refractivity contribution in [3.05, 3.63) is 60.2 Å². The second kappa shape index (κ2) is 21.6. The number of carbonyl (C=O) groups excluding carboxylic acids is 1. The van der Waals surface area contributed by atoms with E-state index in [1.165, 1.54) is 89.0 Å². The summed E-state index contributed by atoms with van der Waals surface area (Å²) in [6.07, 6.45) is 20.9. The predicted octanol–water partition coefficient (Wildman–Crippen LogP) is 8.71. The molecule has 1 amide bonds. The normalized spacial score (nSPS) is 10.8. The SMILES string of the molecule is CCCCCCCCCCCCCCCCNC(=O)CNc1ccc(OCCCc2ccccc2)cc1. The number of benzene rings is 2. The molecule has 0 fully saturated rings. The lowest BCUT2D eigenvalue weighted by Crippen LogP contribution is -2.30. The maximum absolute atomic E-state index is 12.1. The summed E-state index contributed by atoms with van der Waals surface area (Å²) in [6, 6.07) is 18.3. The average molecular weight is 509 g/mol. The minimum Gasteiger partial charge on any atom is -0.494 e. The Morgan fingerprint density at radius 2 is 1.24 bits per heavy atom. The maximum atomic E-state index is 12.1. The molecule has 2 aromatic rings. The number of aryl methyl sites for hydroxylation is 1. The van der Waals surface area contributed by atoms with Crippen molar-refractivity contribution in [2.75, 3.05) is 25.0 Å². The van der Waals surface area contributed by atoms with Crippen molar-refractivity contribution in [3.63, 3.8) is 0 Å². The minimum atomic E-state index is 0.0518. The van der Waals surface area contributed by atoms with Crippen LogP contribution < -0.4 is 15.4 Å². The Balaban J connectivity index is 1.37. The van der Waals surface area contributed by atoms with Crippen LogP contribution in [-0.2, 0) is 11.2 Å². The molecule has 0 bridgehead atoms. The lowest BCUT2D eigenvalue weighted by Gasteiger charge is -2.10. The maximum Gasteiger partial charge on any atom is 0.239 e. The highest BCUT2D eigenvalue weighted by Crippen LogP contribution is 2.16. The van der Waals surface area contributed by atoms with Crippen LogP contribution in [0.2, 0.25) is 0 Å². The second-order valence-corrected chi connectivity index (χ2v) is 10.3. The molecule has 37 heavy (non-hydrogen) atoms. The summed E-state index contributed by atoms with van der Waals surface area (Å²) in [6.45, 7) is 4.05. The van der Waals surface area contributed by atoms with Gasteiger partial charge >= 0.3 is 0 Å². The number of anilines is 1. The van der Waals surface area contributed by atoms with Gasteiger partial charge in [-0.3, -0.25) is 4.79 Å². The Kier molecular flexibility index (Phi) is 17.9. The molecule has 0 radical (unpaired) electrons. The molecule has 2 rings (SSSR count). The highest BCUT2D eigenvalue weighted by molar-refractivity contribution is 5.80. The Bertz CT molecular complexity index is 792. The van der Waals surface area contributed by atoms with Gasteiger partial charge in [-0.15, -0.1) is 0 Å². The molecular weight excluding hydrogens is 456 g/mol. The monoisotopic (exact) mass is 508 g/mol. The summed E-state index contributed by atoms with van der Waals surface area (Å²) < 4.78 is 5.84. The first-order valence-electron chi connectivity index (χ1n) is 15.1. The first-order chi connectivity index (χ1) is 18.3. The van der Waals surface area contributed by atoms with E-state index in [0.717, 1.165) is 37.2 Å². The van der Waals surface area contributed by atoms with Crippen molar-refractivity contribution >= 4 is 11.6 Å². The van der Waals surface area contributed by atoms with Gasteiger partial charge in [-0.2, -0.15) is 0 Å². The number of unbranched alkanes of at least 4 members (excludes halogenated alkanes) is 13. The quantitative estimate of drug-likeness (QED) is 0.148. The molecule has 4 nitrogen and oxygen atoms in total. The molecular formula is C33H52N2O2. The van der Waals surface area contributed by atoms with E-state index in [-0.39, 0.29) is 5.91 Å². The third kappa shape index (κ3) is 16.8. The van der Waals surface area contributed by atoms with Gasteiger partial charge < -0.3 is 15.4 Å². The summed E-state index contributed by atoms with van der Waals surface area (Å²) in [5.74, 6) is 0.914. The van der Waals surface area contributed by atoms with E-state index in [9.17, 15) is 4.79 Å². The van der Waals surface area contributed by atoms with Gasteiger partial charge in [0, 0.05) is 12.2 Å². The van der Waals surface area contributed by atoms with Gasteiger partial charge in [-0.1, -0.05) is 121 Å². The van der Waals surface area contributed by atoms with Gasteiger partial charge in [-0.05, 0) is 49.1 Å². The van der Waals surface area contributed by atoms with Crippen LogP contribution in [0, 0.1) is 0 Å². The number of amides is 1. The van der Waals surface area contributed by atoms with E-state index in [1.54, 1.807) is 0 Å². The van der Waals surface area contributed by atoms with Gasteiger partial charge in [0.2, 0.25) is 5.91 Å². The van der Waals surface area contributed by atoms with E-state index in [4.69, 9.17) is 4.74 Å². The van der Waals surface area contributed by atoms with Crippen LogP contribution in [0.5, 0.6) is 5.75 Å². The molecule has 0 aliphatic heterocycles. The number of carbonyl (C=O) groups is 1. The molecule has 206 valence electrons. The zero-order chi connectivity index (χ0) is 26.2. The van der Waals surface area contributed by atoms with Crippen molar-refractivity contribution < 1.29 is 9.53 Å². The first kappa shape index (κ1) is 30.7. The third-order valence-electron chi connectivity index (χ3n) is 6.88. The van der Waals surface area contributed by atoms with Crippen LogP contribution in [0.3, 0.4) is 0 Å². The van der Waals surface area contributed by atoms with Crippen LogP contribution in [0.1, 0.15) is 109 Å². The van der Waals surface area contributed by atoms with E-state index < -0.39 is 0 Å². The van der Waals surface area contributed by atoms with E-state index in [1.807, 2.05) is 30.3 Å². The van der Waals surface area contributed by atoms with E-state index in [2.05, 4.69) is 41.8 Å². The molecule has 2 N–H and O–H groups in total. The molecule has 0 atom stereocenters. The molecule has 0 unspecified atom stereocenters. The zero-order valence-electron chi connectivity index (χ0n) is 23.4. The topological polar surface area (TPSA) is 50.4 Å². The van der Waals surface area contributed by atoms with Crippen LogP contribution in [-0.4, -0.2) is 25.6 Å². The molecule has 0 aliphatic rings. The summed E-state index contributed by atoms with van der Waals surface area (Å²) in [7, 11) is 0. The lowest BCUT2D eigenvalue weighted by molar-refractivity contribution is -0.119. The molecule has 0 saturated heterocycles. The van der Waals surface area contributed by atoms with Crippen LogP contribution in [0.4, 0.5) is 5.69 Å². The van der Waals surface area contributed by atoms with Gasteiger partial charge in [0.25, 0.3) is 0 Å². The fourth-order valence-electron chi connectivity index (χ4n) is 4.57. The van der Waals surface area contributed by atoms with Crippen molar-refractivity contribution in [3.8, 4) is 5.75 Å². The first-order valence-corrected chi connectivity index (χ1v) is 15.1. The summed E-state index contributed by atoms with van der Waals surface area (Å²) in [4.78, 5) is 12.1. The van der Waals surface area contributed by atoms with Crippen molar-refractivity contribution in [2.24, 2.45) is 0 Å². The van der Waals surface area contributed by atoms with Crippen molar-refractivity contribution in [2.45, 2.75) is 110 Å². The van der Waals surface area contributed by atoms with E-state index >= 15 is 0 Å². The second-order valence-electron chi connectivity index (χ2n) is 10.3. The van der Waals surface area contributed by atoms with Crippen molar-refractivity contribution in [1.82, 2.24) is 5.32 Å². The molecule has 0 saturated carbocycles.